The van der Waals surface area contributed by atoms with Crippen LogP contribution in [0.1, 0.15) is 33.6 Å². The van der Waals surface area contributed by atoms with Gasteiger partial charge in [0.1, 0.15) is 0 Å². The summed E-state index contributed by atoms with van der Waals surface area (Å²) in [6.45, 7) is 5.51. The van der Waals surface area contributed by atoms with Crippen LogP contribution in [0.25, 0.3) is 0 Å². The fourth-order valence-corrected chi connectivity index (χ4v) is 0.905. The van der Waals surface area contributed by atoms with Gasteiger partial charge in [0.2, 0.25) is 0 Å². The van der Waals surface area contributed by atoms with E-state index in [-0.39, 0.29) is 11.7 Å². The Bertz CT molecular complexity index is 143. The summed E-state index contributed by atoms with van der Waals surface area (Å²) in [6.07, 6.45) is 1.41. The third-order valence-corrected chi connectivity index (χ3v) is 1.59. The van der Waals surface area contributed by atoms with Gasteiger partial charge in [0, 0.05) is 5.92 Å². The van der Waals surface area contributed by atoms with Gasteiger partial charge in [-0.05, 0) is 6.42 Å². The largest absolute Gasteiger partial charge is 0.297 e. The lowest BCUT2D eigenvalue weighted by Gasteiger charge is -2.08. The van der Waals surface area contributed by atoms with Crippen LogP contribution in [0.15, 0.2) is 5.18 Å². The number of carbonyl (C=O) groups excluding carboxylic acids is 1. The van der Waals surface area contributed by atoms with Crippen molar-refractivity contribution in [3.8, 4) is 0 Å². The third-order valence-electron chi connectivity index (χ3n) is 1.59. The summed E-state index contributed by atoms with van der Waals surface area (Å²) in [5.41, 5.74) is 0. The molecule has 0 aromatic carbocycles. The highest BCUT2D eigenvalue weighted by molar-refractivity contribution is 5.85. The van der Waals surface area contributed by atoms with Gasteiger partial charge >= 0.3 is 0 Å². The standard InChI is InChI=1S/C8H15NO2/c1-4-5-7(9-11)8(10)6(2)3/h6-7H,4-5H2,1-3H3. The van der Waals surface area contributed by atoms with Crippen molar-refractivity contribution in [2.24, 2.45) is 11.1 Å². The van der Waals surface area contributed by atoms with Crippen LogP contribution < -0.4 is 0 Å². The molecule has 0 N–H and O–H groups in total. The molecule has 11 heavy (non-hydrogen) atoms. The van der Waals surface area contributed by atoms with Crippen molar-refractivity contribution < 1.29 is 4.79 Å². The molecule has 3 heteroatoms. The molecule has 1 unspecified atom stereocenters. The maximum absolute atomic E-state index is 11.2. The van der Waals surface area contributed by atoms with E-state index < -0.39 is 6.04 Å². The zero-order valence-corrected chi connectivity index (χ0v) is 7.33. The summed E-state index contributed by atoms with van der Waals surface area (Å²) >= 11 is 0. The number of nitrogens with zero attached hydrogens (tertiary/aromatic N) is 1. The van der Waals surface area contributed by atoms with E-state index in [9.17, 15) is 9.70 Å². The van der Waals surface area contributed by atoms with Gasteiger partial charge in [-0.25, -0.2) is 0 Å². The summed E-state index contributed by atoms with van der Waals surface area (Å²) in [5, 5.41) is 2.80. The molecule has 64 valence electrons. The molecule has 0 amide bonds. The number of Topliss-reactive ketones (excluding diaryl/α,β-unsaturated/α-hetero) is 1. The zero-order valence-electron chi connectivity index (χ0n) is 7.33. The summed E-state index contributed by atoms with van der Waals surface area (Å²) in [5.74, 6) is -0.119. The summed E-state index contributed by atoms with van der Waals surface area (Å²) < 4.78 is 0. The van der Waals surface area contributed by atoms with Gasteiger partial charge in [-0.2, -0.15) is 4.91 Å². The smallest absolute Gasteiger partial charge is 0.163 e. The number of carbonyl (C=O) groups is 1. The van der Waals surface area contributed by atoms with Crippen LogP contribution in [0.5, 0.6) is 0 Å². The van der Waals surface area contributed by atoms with E-state index in [2.05, 4.69) is 5.18 Å². The van der Waals surface area contributed by atoms with Crippen molar-refractivity contribution in [3.63, 3.8) is 0 Å². The van der Waals surface area contributed by atoms with E-state index in [1.54, 1.807) is 13.8 Å². The minimum atomic E-state index is -0.611. The molecule has 0 saturated carbocycles. The molecule has 0 bridgehead atoms. The predicted molar refractivity (Wildman–Crippen MR) is 44.3 cm³/mol. The van der Waals surface area contributed by atoms with Crippen LogP contribution in [0, 0.1) is 10.8 Å². The Labute approximate surface area is 67.2 Å². The lowest BCUT2D eigenvalue weighted by molar-refractivity contribution is -0.123. The van der Waals surface area contributed by atoms with Gasteiger partial charge in [0.25, 0.3) is 0 Å². The van der Waals surface area contributed by atoms with E-state index >= 15 is 0 Å². The number of rotatable bonds is 5. The molecule has 0 spiro atoms. The third kappa shape index (κ3) is 3.25. The molecule has 0 aromatic rings. The first-order chi connectivity index (χ1) is 5.13. The molecule has 0 saturated heterocycles. The van der Waals surface area contributed by atoms with Crippen molar-refractivity contribution in [2.75, 3.05) is 0 Å². The van der Waals surface area contributed by atoms with Crippen LogP contribution in [0.4, 0.5) is 0 Å². The molecule has 0 aromatic heterocycles. The quantitative estimate of drug-likeness (QED) is 0.574. The van der Waals surface area contributed by atoms with Gasteiger partial charge in [0.05, 0.1) is 0 Å². The zero-order chi connectivity index (χ0) is 8.85. The highest BCUT2D eigenvalue weighted by atomic mass is 16.3. The molecular weight excluding hydrogens is 142 g/mol. The highest BCUT2D eigenvalue weighted by Crippen LogP contribution is 2.08. The second kappa shape index (κ2) is 4.99. The second-order valence-electron chi connectivity index (χ2n) is 2.97. The first kappa shape index (κ1) is 10.3. The summed E-state index contributed by atoms with van der Waals surface area (Å²) in [6, 6.07) is -0.611. The van der Waals surface area contributed by atoms with Crippen molar-refractivity contribution in [1.82, 2.24) is 0 Å². The maximum atomic E-state index is 11.2. The van der Waals surface area contributed by atoms with Gasteiger partial charge in [0.15, 0.2) is 11.8 Å². The average Bonchev–Trinajstić information content (AvgIpc) is 1.98. The minimum absolute atomic E-state index is 0.0400. The van der Waals surface area contributed by atoms with Crippen LogP contribution >= 0.6 is 0 Å². The number of nitroso groups, excluding NO2 is 1. The predicted octanol–water partition coefficient (Wildman–Crippen LogP) is 2.15. The summed E-state index contributed by atoms with van der Waals surface area (Å²) in [4.78, 5) is 21.3. The van der Waals surface area contributed by atoms with Gasteiger partial charge in [-0.3, -0.25) is 4.79 Å². The van der Waals surface area contributed by atoms with E-state index in [0.29, 0.717) is 6.42 Å². The monoisotopic (exact) mass is 157 g/mol. The molecule has 0 aliphatic carbocycles. The molecular formula is C8H15NO2. The molecule has 0 heterocycles. The molecule has 1 atom stereocenters. The Morgan fingerprint density at radius 2 is 2.00 bits per heavy atom. The Balaban J connectivity index is 4.02. The van der Waals surface area contributed by atoms with Crippen LogP contribution in [0.2, 0.25) is 0 Å². The average molecular weight is 157 g/mol. The van der Waals surface area contributed by atoms with Gasteiger partial charge < -0.3 is 0 Å². The molecule has 3 nitrogen and oxygen atoms in total. The van der Waals surface area contributed by atoms with Crippen molar-refractivity contribution in [1.29, 1.82) is 0 Å². The number of ketones is 1. The normalized spacial score (nSPS) is 13.1. The van der Waals surface area contributed by atoms with E-state index in [1.807, 2.05) is 6.92 Å². The number of hydrogen-bond donors (Lipinski definition) is 0. The van der Waals surface area contributed by atoms with Crippen molar-refractivity contribution in [2.45, 2.75) is 39.7 Å². The fraction of sp³-hybridized carbons (Fsp3) is 0.875. The summed E-state index contributed by atoms with van der Waals surface area (Å²) in [7, 11) is 0. The molecule has 0 radical (unpaired) electrons. The van der Waals surface area contributed by atoms with E-state index in [4.69, 9.17) is 0 Å². The Morgan fingerprint density at radius 3 is 2.27 bits per heavy atom. The topological polar surface area (TPSA) is 46.5 Å². The lowest BCUT2D eigenvalue weighted by Crippen LogP contribution is -2.22. The molecule has 0 aliphatic heterocycles. The lowest BCUT2D eigenvalue weighted by atomic mass is 9.99. The van der Waals surface area contributed by atoms with Crippen LogP contribution in [0.3, 0.4) is 0 Å². The Hall–Kier alpha value is -0.730. The SMILES string of the molecule is CCCC(N=O)C(=O)C(C)C. The Morgan fingerprint density at radius 1 is 1.45 bits per heavy atom. The van der Waals surface area contributed by atoms with E-state index in [0.717, 1.165) is 6.42 Å². The molecule has 0 aliphatic rings. The Kier molecular flexibility index (Phi) is 4.66. The van der Waals surface area contributed by atoms with Crippen LogP contribution in [-0.4, -0.2) is 11.8 Å². The van der Waals surface area contributed by atoms with E-state index in [1.165, 1.54) is 0 Å². The first-order valence-corrected chi connectivity index (χ1v) is 3.99. The first-order valence-electron chi connectivity index (χ1n) is 3.99. The van der Waals surface area contributed by atoms with Gasteiger partial charge in [-0.15, -0.1) is 0 Å². The fourth-order valence-electron chi connectivity index (χ4n) is 0.905. The minimum Gasteiger partial charge on any atom is -0.297 e. The highest BCUT2D eigenvalue weighted by Gasteiger charge is 2.20. The maximum Gasteiger partial charge on any atom is 0.163 e. The van der Waals surface area contributed by atoms with Crippen molar-refractivity contribution in [3.05, 3.63) is 4.91 Å². The van der Waals surface area contributed by atoms with Gasteiger partial charge in [-0.1, -0.05) is 32.4 Å². The molecule has 0 fully saturated rings. The second-order valence-corrected chi connectivity index (χ2v) is 2.97. The molecule has 0 rings (SSSR count). The number of hydrogen-bond acceptors (Lipinski definition) is 3. The van der Waals surface area contributed by atoms with Crippen molar-refractivity contribution >= 4 is 5.78 Å². The van der Waals surface area contributed by atoms with Crippen LogP contribution in [-0.2, 0) is 4.79 Å².